The third kappa shape index (κ3) is 3.10. The molecule has 0 aliphatic heterocycles. The third-order valence-corrected chi connectivity index (χ3v) is 5.01. The van der Waals surface area contributed by atoms with E-state index in [0.717, 1.165) is 14.5 Å². The highest BCUT2D eigenvalue weighted by molar-refractivity contribution is 9.11. The highest BCUT2D eigenvalue weighted by Gasteiger charge is 2.15. The number of hydrogen-bond acceptors (Lipinski definition) is 5. The number of aromatic nitrogens is 4. The van der Waals surface area contributed by atoms with Crippen molar-refractivity contribution in [3.05, 3.63) is 73.5 Å². The molecule has 6 nitrogen and oxygen atoms in total. The first-order valence-electron chi connectivity index (χ1n) is 7.77. The Morgan fingerprint density at radius 2 is 1.88 bits per heavy atom. The standard InChI is InChI=1S/C18H12Br2N4O2/c1-10-21-16-13(7-12(19)8-14(16)20)18(25)24(10)9-15-22-23-17(26-15)11-5-3-2-4-6-11/h2-8H,9H2,1H3. The lowest BCUT2D eigenvalue weighted by atomic mass is 10.2. The van der Waals surface area contributed by atoms with Crippen LogP contribution in [0.1, 0.15) is 11.7 Å². The lowest BCUT2D eigenvalue weighted by Crippen LogP contribution is -2.24. The van der Waals surface area contributed by atoms with Crippen LogP contribution in [0.4, 0.5) is 0 Å². The Kier molecular flexibility index (Phi) is 4.46. The van der Waals surface area contributed by atoms with E-state index in [0.29, 0.717) is 28.5 Å². The number of benzene rings is 2. The van der Waals surface area contributed by atoms with E-state index in [1.807, 2.05) is 36.4 Å². The van der Waals surface area contributed by atoms with Crippen molar-refractivity contribution in [2.45, 2.75) is 13.5 Å². The predicted molar refractivity (Wildman–Crippen MR) is 105 cm³/mol. The first kappa shape index (κ1) is 17.1. The zero-order chi connectivity index (χ0) is 18.3. The van der Waals surface area contributed by atoms with Crippen molar-refractivity contribution < 1.29 is 4.42 Å². The first-order valence-corrected chi connectivity index (χ1v) is 9.35. The minimum Gasteiger partial charge on any atom is -0.419 e. The minimum atomic E-state index is -0.158. The molecular weight excluding hydrogens is 464 g/mol. The van der Waals surface area contributed by atoms with Gasteiger partial charge in [0.1, 0.15) is 12.4 Å². The van der Waals surface area contributed by atoms with Crippen LogP contribution in [0.5, 0.6) is 0 Å². The van der Waals surface area contributed by atoms with Gasteiger partial charge in [0.2, 0.25) is 11.8 Å². The molecule has 0 saturated heterocycles. The van der Waals surface area contributed by atoms with Crippen LogP contribution >= 0.6 is 31.9 Å². The number of rotatable bonds is 3. The van der Waals surface area contributed by atoms with E-state index in [4.69, 9.17) is 4.42 Å². The molecule has 2 heterocycles. The molecule has 0 N–H and O–H groups in total. The van der Waals surface area contributed by atoms with Crippen molar-refractivity contribution in [1.29, 1.82) is 0 Å². The Balaban J connectivity index is 1.76. The van der Waals surface area contributed by atoms with E-state index in [1.165, 1.54) is 4.57 Å². The second kappa shape index (κ2) is 6.77. The average Bonchev–Trinajstić information content (AvgIpc) is 3.09. The van der Waals surface area contributed by atoms with Crippen molar-refractivity contribution in [1.82, 2.24) is 19.7 Å². The van der Waals surface area contributed by atoms with Crippen molar-refractivity contribution in [2.24, 2.45) is 0 Å². The summed E-state index contributed by atoms with van der Waals surface area (Å²) in [7, 11) is 0. The van der Waals surface area contributed by atoms with Gasteiger partial charge in [-0.3, -0.25) is 9.36 Å². The molecule has 130 valence electrons. The van der Waals surface area contributed by atoms with Crippen molar-refractivity contribution in [3.8, 4) is 11.5 Å². The van der Waals surface area contributed by atoms with Crippen molar-refractivity contribution in [3.63, 3.8) is 0 Å². The molecule has 2 aromatic carbocycles. The third-order valence-electron chi connectivity index (χ3n) is 3.95. The summed E-state index contributed by atoms with van der Waals surface area (Å²) in [6, 6.07) is 13.1. The quantitative estimate of drug-likeness (QED) is 0.441. The number of nitrogens with zero attached hydrogens (tertiary/aromatic N) is 4. The molecule has 0 amide bonds. The van der Waals surface area contributed by atoms with Crippen LogP contribution in [-0.2, 0) is 6.54 Å². The molecule has 0 fully saturated rings. The Labute approximate surface area is 165 Å². The van der Waals surface area contributed by atoms with Gasteiger partial charge in [-0.2, -0.15) is 0 Å². The normalized spacial score (nSPS) is 11.2. The summed E-state index contributed by atoms with van der Waals surface area (Å²) in [6.07, 6.45) is 0. The monoisotopic (exact) mass is 474 g/mol. The zero-order valence-electron chi connectivity index (χ0n) is 13.6. The topological polar surface area (TPSA) is 73.8 Å². The van der Waals surface area contributed by atoms with Gasteiger partial charge < -0.3 is 4.42 Å². The smallest absolute Gasteiger partial charge is 0.261 e. The number of aryl methyl sites for hydroxylation is 1. The number of fused-ring (bicyclic) bond motifs is 1. The molecule has 0 radical (unpaired) electrons. The van der Waals surface area contributed by atoms with Crippen molar-refractivity contribution >= 4 is 42.8 Å². The summed E-state index contributed by atoms with van der Waals surface area (Å²) in [5, 5.41) is 8.64. The highest BCUT2D eigenvalue weighted by Crippen LogP contribution is 2.25. The first-order chi connectivity index (χ1) is 12.5. The lowest BCUT2D eigenvalue weighted by Gasteiger charge is -2.10. The van der Waals surface area contributed by atoms with Crippen molar-refractivity contribution in [2.75, 3.05) is 0 Å². The summed E-state index contributed by atoms with van der Waals surface area (Å²) in [5.74, 6) is 1.35. The van der Waals surface area contributed by atoms with E-state index in [-0.39, 0.29) is 12.1 Å². The van der Waals surface area contributed by atoms with Crippen LogP contribution in [0.25, 0.3) is 22.4 Å². The molecule has 0 bridgehead atoms. The largest absolute Gasteiger partial charge is 0.419 e. The second-order valence-corrected chi connectivity index (χ2v) is 7.47. The van der Waals surface area contributed by atoms with Crippen LogP contribution in [0.2, 0.25) is 0 Å². The highest BCUT2D eigenvalue weighted by atomic mass is 79.9. The minimum absolute atomic E-state index is 0.158. The van der Waals surface area contributed by atoms with E-state index < -0.39 is 0 Å². The summed E-state index contributed by atoms with van der Waals surface area (Å²) >= 11 is 6.86. The fourth-order valence-electron chi connectivity index (χ4n) is 2.69. The van der Waals surface area contributed by atoms with Crippen LogP contribution in [-0.4, -0.2) is 19.7 Å². The summed E-state index contributed by atoms with van der Waals surface area (Å²) < 4.78 is 8.81. The van der Waals surface area contributed by atoms with E-state index in [1.54, 1.807) is 13.0 Å². The van der Waals surface area contributed by atoms with Crippen LogP contribution in [0.15, 0.2) is 60.6 Å². The maximum absolute atomic E-state index is 12.9. The van der Waals surface area contributed by atoms with Gasteiger partial charge in [-0.15, -0.1) is 10.2 Å². The molecule has 8 heteroatoms. The molecule has 4 aromatic rings. The van der Waals surface area contributed by atoms with Gasteiger partial charge in [0, 0.05) is 14.5 Å². The average molecular weight is 476 g/mol. The molecule has 0 aliphatic carbocycles. The Morgan fingerprint density at radius 3 is 2.65 bits per heavy atom. The van der Waals surface area contributed by atoms with Gasteiger partial charge in [0.15, 0.2) is 0 Å². The Bertz CT molecular complexity index is 1170. The molecule has 2 aromatic heterocycles. The lowest BCUT2D eigenvalue weighted by molar-refractivity contribution is 0.480. The molecule has 0 atom stereocenters. The second-order valence-electron chi connectivity index (χ2n) is 5.70. The molecular formula is C18H12Br2N4O2. The maximum Gasteiger partial charge on any atom is 0.261 e. The summed E-state index contributed by atoms with van der Waals surface area (Å²) in [6.45, 7) is 1.95. The van der Waals surface area contributed by atoms with E-state index in [2.05, 4.69) is 47.0 Å². The molecule has 0 spiro atoms. The molecule has 0 unspecified atom stereocenters. The van der Waals surface area contributed by atoms with Gasteiger partial charge in [0.25, 0.3) is 5.56 Å². The SMILES string of the molecule is Cc1nc2c(Br)cc(Br)cc2c(=O)n1Cc1nnc(-c2ccccc2)o1. The summed E-state index contributed by atoms with van der Waals surface area (Å²) in [4.78, 5) is 17.5. The fourth-order valence-corrected chi connectivity index (χ4v) is 4.01. The Morgan fingerprint density at radius 1 is 1.12 bits per heavy atom. The van der Waals surface area contributed by atoms with E-state index >= 15 is 0 Å². The molecule has 4 rings (SSSR count). The van der Waals surface area contributed by atoms with Crippen LogP contribution in [0.3, 0.4) is 0 Å². The van der Waals surface area contributed by atoms with Gasteiger partial charge in [0.05, 0.1) is 10.9 Å². The number of halogens is 2. The summed E-state index contributed by atoms with van der Waals surface area (Å²) in [5.41, 5.74) is 1.30. The van der Waals surface area contributed by atoms with Gasteiger partial charge >= 0.3 is 0 Å². The predicted octanol–water partition coefficient (Wildman–Crippen LogP) is 4.33. The molecule has 0 saturated carbocycles. The molecule has 26 heavy (non-hydrogen) atoms. The molecule has 0 aliphatic rings. The maximum atomic E-state index is 12.9. The van der Waals surface area contributed by atoms with Crippen LogP contribution < -0.4 is 5.56 Å². The van der Waals surface area contributed by atoms with Gasteiger partial charge in [-0.25, -0.2) is 4.98 Å². The number of hydrogen-bond donors (Lipinski definition) is 0. The van der Waals surface area contributed by atoms with Gasteiger partial charge in [-0.05, 0) is 47.1 Å². The Hall–Kier alpha value is -2.32. The van der Waals surface area contributed by atoms with Gasteiger partial charge in [-0.1, -0.05) is 34.1 Å². The zero-order valence-corrected chi connectivity index (χ0v) is 16.8. The fraction of sp³-hybridized carbons (Fsp3) is 0.111. The van der Waals surface area contributed by atoms with Crippen LogP contribution in [0, 0.1) is 6.92 Å². The van der Waals surface area contributed by atoms with E-state index in [9.17, 15) is 4.79 Å².